The normalized spacial score (nSPS) is 14.2. The molecule has 1 aliphatic rings. The lowest BCUT2D eigenvalue weighted by Crippen LogP contribution is -2.05. The number of phenolic OH excluding ortho intramolecular Hbond substituents is 1. The number of aromatic hydroxyl groups is 1. The SMILES string of the molecule is O=C1C(Cl)=CC(=C(c2ccccc2)c2cc(Cl)c(O)c(Cl)c2)C=C1Cl. The van der Waals surface area contributed by atoms with Crippen LogP contribution >= 0.6 is 46.4 Å². The first kappa shape index (κ1) is 18.1. The maximum absolute atomic E-state index is 11.8. The lowest BCUT2D eigenvalue weighted by Gasteiger charge is -2.16. The Morgan fingerprint density at radius 3 is 1.84 bits per heavy atom. The van der Waals surface area contributed by atoms with Crippen LogP contribution in [0.3, 0.4) is 0 Å². The van der Waals surface area contributed by atoms with Crippen molar-refractivity contribution >= 4 is 57.8 Å². The van der Waals surface area contributed by atoms with Crippen LogP contribution in [0.1, 0.15) is 11.1 Å². The van der Waals surface area contributed by atoms with Crippen molar-refractivity contribution in [3.8, 4) is 5.75 Å². The molecule has 0 radical (unpaired) electrons. The van der Waals surface area contributed by atoms with Crippen molar-refractivity contribution in [2.24, 2.45) is 0 Å². The van der Waals surface area contributed by atoms with Gasteiger partial charge in [0.1, 0.15) is 0 Å². The monoisotopic (exact) mass is 410 g/mol. The van der Waals surface area contributed by atoms with E-state index in [1.54, 1.807) is 24.3 Å². The average molecular weight is 412 g/mol. The third-order valence-electron chi connectivity index (χ3n) is 3.65. The van der Waals surface area contributed by atoms with Gasteiger partial charge in [0, 0.05) is 0 Å². The van der Waals surface area contributed by atoms with Gasteiger partial charge in [-0.15, -0.1) is 0 Å². The Balaban J connectivity index is 2.33. The van der Waals surface area contributed by atoms with Crippen LogP contribution in [-0.2, 0) is 4.79 Å². The van der Waals surface area contributed by atoms with E-state index in [1.165, 1.54) is 0 Å². The average Bonchev–Trinajstić information content (AvgIpc) is 2.58. The van der Waals surface area contributed by atoms with Gasteiger partial charge in [0.2, 0.25) is 5.78 Å². The van der Waals surface area contributed by atoms with Crippen LogP contribution in [-0.4, -0.2) is 10.9 Å². The van der Waals surface area contributed by atoms with Crippen molar-refractivity contribution in [2.45, 2.75) is 0 Å². The second-order valence-corrected chi connectivity index (χ2v) is 6.93. The minimum Gasteiger partial charge on any atom is -0.505 e. The second kappa shape index (κ2) is 7.27. The molecule has 0 heterocycles. The van der Waals surface area contributed by atoms with Gasteiger partial charge in [-0.2, -0.15) is 0 Å². The zero-order valence-corrected chi connectivity index (χ0v) is 15.6. The molecule has 0 amide bonds. The molecule has 0 fully saturated rings. The fraction of sp³-hybridized carbons (Fsp3) is 0. The highest BCUT2D eigenvalue weighted by Gasteiger charge is 2.21. The second-order valence-electron chi connectivity index (χ2n) is 5.30. The Morgan fingerprint density at radius 2 is 1.32 bits per heavy atom. The molecule has 6 heteroatoms. The van der Waals surface area contributed by atoms with Crippen molar-refractivity contribution in [2.75, 3.05) is 0 Å². The molecule has 0 saturated carbocycles. The third-order valence-corrected chi connectivity index (χ3v) is 4.79. The minimum atomic E-state index is -0.429. The first-order valence-electron chi connectivity index (χ1n) is 7.15. The van der Waals surface area contributed by atoms with E-state index in [2.05, 4.69) is 0 Å². The highest BCUT2D eigenvalue weighted by atomic mass is 35.5. The number of hydrogen-bond donors (Lipinski definition) is 1. The largest absolute Gasteiger partial charge is 0.505 e. The molecule has 0 spiro atoms. The van der Waals surface area contributed by atoms with E-state index in [4.69, 9.17) is 46.4 Å². The van der Waals surface area contributed by atoms with Crippen LogP contribution in [0.25, 0.3) is 5.57 Å². The van der Waals surface area contributed by atoms with Crippen LogP contribution in [0.2, 0.25) is 10.0 Å². The maximum Gasteiger partial charge on any atom is 0.215 e. The van der Waals surface area contributed by atoms with Crippen LogP contribution in [0.4, 0.5) is 0 Å². The molecule has 126 valence electrons. The summed E-state index contributed by atoms with van der Waals surface area (Å²) in [5, 5.41) is 10.1. The zero-order chi connectivity index (χ0) is 18.1. The van der Waals surface area contributed by atoms with Gasteiger partial charge in [-0.25, -0.2) is 0 Å². The summed E-state index contributed by atoms with van der Waals surface area (Å²) in [6.07, 6.45) is 3.10. The highest BCUT2D eigenvalue weighted by molar-refractivity contribution is 6.55. The number of hydrogen-bond acceptors (Lipinski definition) is 2. The van der Waals surface area contributed by atoms with Crippen LogP contribution < -0.4 is 0 Å². The molecule has 25 heavy (non-hydrogen) atoms. The van der Waals surface area contributed by atoms with E-state index in [-0.39, 0.29) is 25.9 Å². The summed E-state index contributed by atoms with van der Waals surface area (Å²) in [6, 6.07) is 12.6. The molecule has 2 nitrogen and oxygen atoms in total. The molecule has 3 rings (SSSR count). The number of phenols is 1. The van der Waals surface area contributed by atoms with Gasteiger partial charge < -0.3 is 5.11 Å². The van der Waals surface area contributed by atoms with Crippen molar-refractivity contribution in [3.05, 3.63) is 91.4 Å². The maximum atomic E-state index is 11.8. The van der Waals surface area contributed by atoms with Crippen LogP contribution in [0, 0.1) is 0 Å². The Labute approximate surface area is 164 Å². The van der Waals surface area contributed by atoms with Gasteiger partial charge in [-0.3, -0.25) is 4.79 Å². The van der Waals surface area contributed by atoms with Gasteiger partial charge in [0.25, 0.3) is 0 Å². The molecule has 1 N–H and O–H groups in total. The van der Waals surface area contributed by atoms with E-state index in [0.29, 0.717) is 11.1 Å². The lowest BCUT2D eigenvalue weighted by molar-refractivity contribution is -0.111. The molecule has 0 saturated heterocycles. The molecule has 0 bridgehead atoms. The number of carbonyl (C=O) groups excluding carboxylic acids is 1. The Hall–Kier alpha value is -1.71. The lowest BCUT2D eigenvalue weighted by atomic mass is 9.91. The summed E-state index contributed by atoms with van der Waals surface area (Å²) in [6.45, 7) is 0. The van der Waals surface area contributed by atoms with E-state index in [1.807, 2.05) is 30.3 Å². The topological polar surface area (TPSA) is 37.3 Å². The van der Waals surface area contributed by atoms with Crippen molar-refractivity contribution < 1.29 is 9.90 Å². The minimum absolute atomic E-state index is 0.0203. The summed E-state index contributed by atoms with van der Waals surface area (Å²) in [5.41, 5.74) is 2.88. The van der Waals surface area contributed by atoms with Gasteiger partial charge in [-0.05, 0) is 46.6 Å². The first-order chi connectivity index (χ1) is 11.9. The molecule has 2 aromatic carbocycles. The smallest absolute Gasteiger partial charge is 0.215 e. The summed E-state index contributed by atoms with van der Waals surface area (Å²) in [4.78, 5) is 11.8. The third kappa shape index (κ3) is 3.63. The van der Waals surface area contributed by atoms with Crippen molar-refractivity contribution in [1.82, 2.24) is 0 Å². The summed E-state index contributed by atoms with van der Waals surface area (Å²) >= 11 is 24.2. The number of ketones is 1. The molecule has 0 unspecified atom stereocenters. The fourth-order valence-electron chi connectivity index (χ4n) is 2.52. The molecular formula is C19H10Cl4O2. The predicted octanol–water partition coefficient (Wildman–Crippen LogP) is 6.33. The number of Topliss-reactive ketones (excluding diaryl/α,β-unsaturated/α-hetero) is 1. The number of benzene rings is 2. The van der Waals surface area contributed by atoms with Gasteiger partial charge in [-0.1, -0.05) is 76.7 Å². The van der Waals surface area contributed by atoms with Crippen LogP contribution in [0.5, 0.6) is 5.75 Å². The predicted molar refractivity (Wildman–Crippen MR) is 103 cm³/mol. The number of rotatable bonds is 2. The summed E-state index contributed by atoms with van der Waals surface area (Å²) < 4.78 is 0. The first-order valence-corrected chi connectivity index (χ1v) is 8.67. The van der Waals surface area contributed by atoms with Gasteiger partial charge >= 0.3 is 0 Å². The van der Waals surface area contributed by atoms with E-state index in [9.17, 15) is 9.90 Å². The summed E-state index contributed by atoms with van der Waals surface area (Å²) in [7, 11) is 0. The van der Waals surface area contributed by atoms with E-state index < -0.39 is 5.78 Å². The Kier molecular flexibility index (Phi) is 5.26. The Bertz CT molecular complexity index is 910. The zero-order valence-electron chi connectivity index (χ0n) is 12.6. The van der Waals surface area contributed by atoms with E-state index >= 15 is 0 Å². The standard InChI is InChI=1S/C19H10Cl4O2/c20-13-6-11(7-14(21)18(13)24)17(10-4-2-1-3-5-10)12-8-15(22)19(25)16(23)9-12/h1-9,24H. The quantitative estimate of drug-likeness (QED) is 0.626. The molecular weight excluding hydrogens is 402 g/mol. The molecule has 0 aromatic heterocycles. The Morgan fingerprint density at radius 1 is 0.800 bits per heavy atom. The number of carbonyl (C=O) groups is 1. The van der Waals surface area contributed by atoms with Crippen molar-refractivity contribution in [3.63, 3.8) is 0 Å². The molecule has 0 atom stereocenters. The number of allylic oxidation sites excluding steroid dienone is 5. The number of halogens is 4. The summed E-state index contributed by atoms with van der Waals surface area (Å²) in [5.74, 6) is -0.619. The molecule has 1 aliphatic carbocycles. The van der Waals surface area contributed by atoms with Crippen LogP contribution in [0.15, 0.2) is 70.3 Å². The van der Waals surface area contributed by atoms with E-state index in [0.717, 1.165) is 11.1 Å². The fourth-order valence-corrected chi connectivity index (χ4v) is 3.49. The van der Waals surface area contributed by atoms with Gasteiger partial charge in [0.05, 0.1) is 20.1 Å². The highest BCUT2D eigenvalue weighted by Crippen LogP contribution is 2.39. The van der Waals surface area contributed by atoms with Crippen molar-refractivity contribution in [1.29, 1.82) is 0 Å². The van der Waals surface area contributed by atoms with Gasteiger partial charge in [0.15, 0.2) is 5.75 Å². The molecule has 2 aromatic rings. The molecule has 0 aliphatic heterocycles.